The third kappa shape index (κ3) is 5.30. The number of nitrogens with one attached hydrogen (secondary N) is 1. The Labute approximate surface area is 151 Å². The average Bonchev–Trinajstić information content (AvgIpc) is 2.62. The van der Waals surface area contributed by atoms with E-state index in [0.717, 1.165) is 49.9 Å². The number of anilines is 1. The molecule has 1 aliphatic rings. The summed E-state index contributed by atoms with van der Waals surface area (Å²) in [5, 5.41) is 3.90. The van der Waals surface area contributed by atoms with E-state index in [9.17, 15) is 4.79 Å². The zero-order chi connectivity index (χ0) is 17.4. The number of hydrogen-bond donors (Lipinski definition) is 1. The lowest BCUT2D eigenvalue weighted by Gasteiger charge is -2.36. The second-order valence-electron chi connectivity index (χ2n) is 6.53. The molecule has 1 aromatic carbocycles. The number of carbonyl (C=O) groups excluding carboxylic acids is 1. The van der Waals surface area contributed by atoms with Gasteiger partial charge in [-0.25, -0.2) is 4.79 Å². The van der Waals surface area contributed by atoms with Crippen LogP contribution in [0.2, 0.25) is 5.02 Å². The maximum absolute atomic E-state index is 12.4. The zero-order valence-corrected chi connectivity index (χ0v) is 15.7. The Balaban J connectivity index is 1.77. The lowest BCUT2D eigenvalue weighted by atomic mass is 9.99. The Hall–Kier alpha value is -1.42. The topological polar surface area (TPSA) is 35.6 Å². The molecule has 1 unspecified atom stereocenters. The predicted molar refractivity (Wildman–Crippen MR) is 102 cm³/mol. The molecule has 1 N–H and O–H groups in total. The van der Waals surface area contributed by atoms with Crippen LogP contribution in [0.4, 0.5) is 10.5 Å². The van der Waals surface area contributed by atoms with Gasteiger partial charge in [-0.3, -0.25) is 0 Å². The number of urea groups is 1. The summed E-state index contributed by atoms with van der Waals surface area (Å²) in [6, 6.07) is 7.97. The van der Waals surface area contributed by atoms with Crippen molar-refractivity contribution in [1.29, 1.82) is 0 Å². The van der Waals surface area contributed by atoms with Crippen molar-refractivity contribution in [3.8, 4) is 0 Å². The van der Waals surface area contributed by atoms with E-state index in [-0.39, 0.29) is 6.03 Å². The summed E-state index contributed by atoms with van der Waals surface area (Å²) in [6.45, 7) is 8.33. The van der Waals surface area contributed by atoms with Crippen LogP contribution >= 0.6 is 11.6 Å². The molecule has 1 atom stereocenters. The molecule has 0 aliphatic carbocycles. The van der Waals surface area contributed by atoms with E-state index in [1.54, 1.807) is 0 Å². The highest BCUT2D eigenvalue weighted by Crippen LogP contribution is 2.26. The SMILES string of the molecule is CCCCC(CC)CNC(=O)N1CCN(c2ccccc2Cl)CC1. The third-order valence-electron chi connectivity index (χ3n) is 4.85. The van der Waals surface area contributed by atoms with Crippen LogP contribution in [0.15, 0.2) is 24.3 Å². The van der Waals surface area contributed by atoms with E-state index in [0.29, 0.717) is 5.92 Å². The molecule has 0 radical (unpaired) electrons. The number of rotatable bonds is 7. The van der Waals surface area contributed by atoms with E-state index in [4.69, 9.17) is 11.6 Å². The molecule has 134 valence electrons. The molecule has 0 bridgehead atoms. The molecule has 1 heterocycles. The van der Waals surface area contributed by atoms with E-state index < -0.39 is 0 Å². The molecule has 1 saturated heterocycles. The summed E-state index contributed by atoms with van der Waals surface area (Å²) in [5.74, 6) is 0.596. The summed E-state index contributed by atoms with van der Waals surface area (Å²) in [7, 11) is 0. The Kier molecular flexibility index (Phi) is 7.70. The van der Waals surface area contributed by atoms with Gasteiger partial charge in [0.25, 0.3) is 0 Å². The highest BCUT2D eigenvalue weighted by atomic mass is 35.5. The third-order valence-corrected chi connectivity index (χ3v) is 5.16. The Morgan fingerprint density at radius 3 is 2.54 bits per heavy atom. The minimum absolute atomic E-state index is 0.0729. The van der Waals surface area contributed by atoms with Gasteiger partial charge in [0, 0.05) is 32.7 Å². The van der Waals surface area contributed by atoms with Crippen LogP contribution in [-0.2, 0) is 0 Å². The van der Waals surface area contributed by atoms with Crippen LogP contribution < -0.4 is 10.2 Å². The van der Waals surface area contributed by atoms with E-state index in [1.807, 2.05) is 29.2 Å². The molecule has 0 aromatic heterocycles. The first-order valence-electron chi connectivity index (χ1n) is 9.18. The minimum Gasteiger partial charge on any atom is -0.367 e. The van der Waals surface area contributed by atoms with Crippen molar-refractivity contribution in [2.24, 2.45) is 5.92 Å². The molecule has 1 aromatic rings. The van der Waals surface area contributed by atoms with Crippen LogP contribution in [0.1, 0.15) is 39.5 Å². The first-order chi connectivity index (χ1) is 11.7. The number of carbonyl (C=O) groups is 1. The van der Waals surface area contributed by atoms with Crippen LogP contribution in [0.3, 0.4) is 0 Å². The summed E-state index contributed by atoms with van der Waals surface area (Å²) < 4.78 is 0. The van der Waals surface area contributed by atoms with Gasteiger partial charge >= 0.3 is 6.03 Å². The maximum Gasteiger partial charge on any atom is 0.317 e. The second kappa shape index (κ2) is 9.77. The Bertz CT molecular complexity index is 515. The lowest BCUT2D eigenvalue weighted by Crippen LogP contribution is -2.52. The van der Waals surface area contributed by atoms with Crippen LogP contribution in [0, 0.1) is 5.92 Å². The highest BCUT2D eigenvalue weighted by molar-refractivity contribution is 6.33. The Morgan fingerprint density at radius 2 is 1.92 bits per heavy atom. The average molecular weight is 352 g/mol. The fourth-order valence-corrected chi connectivity index (χ4v) is 3.40. The fraction of sp³-hybridized carbons (Fsp3) is 0.632. The van der Waals surface area contributed by atoms with Gasteiger partial charge < -0.3 is 15.1 Å². The number of amides is 2. The number of nitrogens with zero attached hydrogens (tertiary/aromatic N) is 2. The minimum atomic E-state index is 0.0729. The predicted octanol–water partition coefficient (Wildman–Crippen LogP) is 4.39. The number of unbranched alkanes of at least 4 members (excludes halogenated alkanes) is 1. The molecule has 4 nitrogen and oxygen atoms in total. The van der Waals surface area contributed by atoms with Crippen LogP contribution in [-0.4, -0.2) is 43.7 Å². The van der Waals surface area contributed by atoms with E-state index in [1.165, 1.54) is 19.3 Å². The molecular weight excluding hydrogens is 322 g/mol. The van der Waals surface area contributed by atoms with E-state index >= 15 is 0 Å². The van der Waals surface area contributed by atoms with Crippen molar-refractivity contribution < 1.29 is 4.79 Å². The molecule has 0 spiro atoms. The molecule has 1 aliphatic heterocycles. The van der Waals surface area contributed by atoms with Crippen LogP contribution in [0.5, 0.6) is 0 Å². The highest BCUT2D eigenvalue weighted by Gasteiger charge is 2.22. The normalized spacial score (nSPS) is 16.1. The fourth-order valence-electron chi connectivity index (χ4n) is 3.15. The van der Waals surface area contributed by atoms with Gasteiger partial charge in [0.05, 0.1) is 10.7 Å². The molecule has 2 amide bonds. The van der Waals surface area contributed by atoms with Gasteiger partial charge in [0.2, 0.25) is 0 Å². The second-order valence-corrected chi connectivity index (χ2v) is 6.94. The van der Waals surface area contributed by atoms with Crippen molar-refractivity contribution in [2.45, 2.75) is 39.5 Å². The van der Waals surface area contributed by atoms with Gasteiger partial charge in [0.15, 0.2) is 0 Å². The van der Waals surface area contributed by atoms with Crippen molar-refractivity contribution in [3.63, 3.8) is 0 Å². The largest absolute Gasteiger partial charge is 0.367 e. The molecule has 24 heavy (non-hydrogen) atoms. The summed E-state index contributed by atoms with van der Waals surface area (Å²) >= 11 is 6.26. The number of hydrogen-bond acceptors (Lipinski definition) is 2. The number of piperazine rings is 1. The van der Waals surface area contributed by atoms with Crippen molar-refractivity contribution >= 4 is 23.3 Å². The number of para-hydroxylation sites is 1. The number of halogens is 1. The monoisotopic (exact) mass is 351 g/mol. The molecule has 2 rings (SSSR count). The zero-order valence-electron chi connectivity index (χ0n) is 14.9. The first-order valence-corrected chi connectivity index (χ1v) is 9.55. The number of benzene rings is 1. The summed E-state index contributed by atoms with van der Waals surface area (Å²) in [6.07, 6.45) is 4.79. The summed E-state index contributed by atoms with van der Waals surface area (Å²) in [5.41, 5.74) is 1.06. The smallest absolute Gasteiger partial charge is 0.317 e. The van der Waals surface area contributed by atoms with Gasteiger partial charge in [-0.05, 0) is 24.5 Å². The van der Waals surface area contributed by atoms with Crippen molar-refractivity contribution in [3.05, 3.63) is 29.3 Å². The standard InChI is InChI=1S/C19H30ClN3O/c1-3-5-8-16(4-2)15-21-19(24)23-13-11-22(12-14-23)18-10-7-6-9-17(18)20/h6-7,9-10,16H,3-5,8,11-15H2,1-2H3,(H,21,24). The molecular formula is C19H30ClN3O. The van der Waals surface area contributed by atoms with Crippen molar-refractivity contribution in [1.82, 2.24) is 10.2 Å². The quantitative estimate of drug-likeness (QED) is 0.790. The lowest BCUT2D eigenvalue weighted by molar-refractivity contribution is 0.192. The van der Waals surface area contributed by atoms with E-state index in [2.05, 4.69) is 24.1 Å². The maximum atomic E-state index is 12.4. The van der Waals surface area contributed by atoms with Crippen LogP contribution in [0.25, 0.3) is 0 Å². The first kappa shape index (κ1) is 18.9. The summed E-state index contributed by atoms with van der Waals surface area (Å²) in [4.78, 5) is 16.5. The van der Waals surface area contributed by atoms with Gasteiger partial charge in [0.1, 0.15) is 0 Å². The van der Waals surface area contributed by atoms with Crippen molar-refractivity contribution in [2.75, 3.05) is 37.6 Å². The molecule has 1 fully saturated rings. The van der Waals surface area contributed by atoms with Gasteiger partial charge in [-0.15, -0.1) is 0 Å². The van der Waals surface area contributed by atoms with Gasteiger partial charge in [-0.2, -0.15) is 0 Å². The van der Waals surface area contributed by atoms with Gasteiger partial charge in [-0.1, -0.05) is 56.8 Å². The molecule has 0 saturated carbocycles. The Morgan fingerprint density at radius 1 is 1.21 bits per heavy atom. The molecule has 5 heteroatoms.